The molecule has 0 aromatic rings. The summed E-state index contributed by atoms with van der Waals surface area (Å²) in [5.41, 5.74) is 0. The maximum Gasteiger partial charge on any atom is 0.306 e. The maximum absolute atomic E-state index is 11.4. The van der Waals surface area contributed by atoms with Gasteiger partial charge in [0.05, 0.1) is 26.1 Å². The SMILES string of the molecule is CCC(C)CCOC(=O)CCC(=O)OCCC(C)CC. The van der Waals surface area contributed by atoms with Gasteiger partial charge in [0.15, 0.2) is 0 Å². The van der Waals surface area contributed by atoms with Gasteiger partial charge in [0.2, 0.25) is 0 Å². The third kappa shape index (κ3) is 10.8. The van der Waals surface area contributed by atoms with Gasteiger partial charge in [-0.15, -0.1) is 0 Å². The molecule has 0 saturated heterocycles. The number of esters is 2. The lowest BCUT2D eigenvalue weighted by molar-refractivity contribution is -0.150. The number of hydrogen-bond acceptors (Lipinski definition) is 4. The fourth-order valence-corrected chi connectivity index (χ4v) is 1.50. The Morgan fingerprint density at radius 3 is 1.45 bits per heavy atom. The number of carbonyl (C=O) groups excluding carboxylic acids is 2. The minimum atomic E-state index is -0.313. The highest BCUT2D eigenvalue weighted by atomic mass is 16.5. The topological polar surface area (TPSA) is 52.6 Å². The summed E-state index contributed by atoms with van der Waals surface area (Å²) in [6.07, 6.45) is 4.15. The molecule has 0 aliphatic rings. The van der Waals surface area contributed by atoms with E-state index in [2.05, 4.69) is 27.7 Å². The van der Waals surface area contributed by atoms with Crippen molar-refractivity contribution in [2.45, 2.75) is 66.2 Å². The first-order valence-electron chi connectivity index (χ1n) is 7.80. The highest BCUT2D eigenvalue weighted by Crippen LogP contribution is 2.08. The van der Waals surface area contributed by atoms with Gasteiger partial charge >= 0.3 is 11.9 Å². The Bertz CT molecular complexity index is 248. The molecule has 0 radical (unpaired) electrons. The second kappa shape index (κ2) is 11.7. The molecule has 0 bridgehead atoms. The zero-order valence-electron chi connectivity index (χ0n) is 13.4. The molecule has 20 heavy (non-hydrogen) atoms. The quantitative estimate of drug-likeness (QED) is 0.543. The van der Waals surface area contributed by atoms with Crippen molar-refractivity contribution in [3.05, 3.63) is 0 Å². The van der Waals surface area contributed by atoms with Crippen LogP contribution in [0.25, 0.3) is 0 Å². The summed E-state index contributed by atoms with van der Waals surface area (Å²) in [4.78, 5) is 22.8. The van der Waals surface area contributed by atoms with Gasteiger partial charge in [-0.3, -0.25) is 9.59 Å². The molecule has 118 valence electrons. The molecule has 0 saturated carbocycles. The van der Waals surface area contributed by atoms with Crippen molar-refractivity contribution in [3.63, 3.8) is 0 Å². The Kier molecular flexibility index (Phi) is 11.1. The van der Waals surface area contributed by atoms with Crippen molar-refractivity contribution in [2.24, 2.45) is 11.8 Å². The van der Waals surface area contributed by atoms with E-state index < -0.39 is 0 Å². The lowest BCUT2D eigenvalue weighted by Gasteiger charge is -2.10. The molecule has 4 heteroatoms. The van der Waals surface area contributed by atoms with E-state index in [0.717, 1.165) is 25.7 Å². The molecule has 0 N–H and O–H groups in total. The van der Waals surface area contributed by atoms with Gasteiger partial charge in [-0.2, -0.15) is 0 Å². The third-order valence-electron chi connectivity index (χ3n) is 3.67. The predicted octanol–water partition coefficient (Wildman–Crippen LogP) is 3.73. The smallest absolute Gasteiger partial charge is 0.306 e. The lowest BCUT2D eigenvalue weighted by atomic mass is 10.1. The second-order valence-electron chi connectivity index (χ2n) is 5.55. The van der Waals surface area contributed by atoms with E-state index in [9.17, 15) is 9.59 Å². The first-order valence-corrected chi connectivity index (χ1v) is 7.80. The van der Waals surface area contributed by atoms with Gasteiger partial charge in [-0.05, 0) is 24.7 Å². The molecule has 2 atom stereocenters. The molecule has 0 aliphatic carbocycles. The average molecular weight is 286 g/mol. The monoisotopic (exact) mass is 286 g/mol. The van der Waals surface area contributed by atoms with E-state index in [4.69, 9.17) is 9.47 Å². The molecular weight excluding hydrogens is 256 g/mol. The standard InChI is InChI=1S/C16H30O4/c1-5-13(3)9-11-19-15(17)7-8-16(18)20-12-10-14(4)6-2/h13-14H,5-12H2,1-4H3. The van der Waals surface area contributed by atoms with Gasteiger partial charge in [0.25, 0.3) is 0 Å². The highest BCUT2D eigenvalue weighted by Gasteiger charge is 2.10. The van der Waals surface area contributed by atoms with Crippen molar-refractivity contribution in [2.75, 3.05) is 13.2 Å². The first-order chi connectivity index (χ1) is 9.49. The van der Waals surface area contributed by atoms with Crippen LogP contribution in [0.2, 0.25) is 0 Å². The molecule has 0 fully saturated rings. The molecule has 2 unspecified atom stereocenters. The summed E-state index contributed by atoms with van der Waals surface area (Å²) in [6.45, 7) is 9.36. The Balaban J connectivity index is 3.56. The molecule has 0 aromatic carbocycles. The van der Waals surface area contributed by atoms with Crippen molar-refractivity contribution >= 4 is 11.9 Å². The summed E-state index contributed by atoms with van der Waals surface area (Å²) in [7, 11) is 0. The van der Waals surface area contributed by atoms with E-state index in [-0.39, 0.29) is 24.8 Å². The number of rotatable bonds is 11. The molecule has 0 aromatic heterocycles. The van der Waals surface area contributed by atoms with Gasteiger partial charge < -0.3 is 9.47 Å². The minimum Gasteiger partial charge on any atom is -0.466 e. The zero-order chi connectivity index (χ0) is 15.4. The van der Waals surface area contributed by atoms with Crippen LogP contribution < -0.4 is 0 Å². The molecule has 0 rings (SSSR count). The Morgan fingerprint density at radius 1 is 0.800 bits per heavy atom. The van der Waals surface area contributed by atoms with Crippen molar-refractivity contribution in [3.8, 4) is 0 Å². The average Bonchev–Trinajstić information content (AvgIpc) is 2.44. The van der Waals surface area contributed by atoms with Crippen LogP contribution in [0.4, 0.5) is 0 Å². The van der Waals surface area contributed by atoms with E-state index in [1.54, 1.807) is 0 Å². The first kappa shape index (κ1) is 18.9. The number of hydrogen-bond donors (Lipinski definition) is 0. The van der Waals surface area contributed by atoms with Crippen molar-refractivity contribution in [1.29, 1.82) is 0 Å². The van der Waals surface area contributed by atoms with Crippen molar-refractivity contribution < 1.29 is 19.1 Å². The van der Waals surface area contributed by atoms with Crippen LogP contribution in [-0.4, -0.2) is 25.2 Å². The normalized spacial score (nSPS) is 13.6. The molecule has 0 spiro atoms. The molecule has 0 heterocycles. The van der Waals surface area contributed by atoms with Crippen LogP contribution in [0, 0.1) is 11.8 Å². The number of carbonyl (C=O) groups is 2. The Labute approximate surface area is 123 Å². The van der Waals surface area contributed by atoms with Crippen LogP contribution in [0.1, 0.15) is 66.2 Å². The Hall–Kier alpha value is -1.06. The number of ether oxygens (including phenoxy) is 2. The highest BCUT2D eigenvalue weighted by molar-refractivity contribution is 5.77. The maximum atomic E-state index is 11.4. The Morgan fingerprint density at radius 2 is 1.15 bits per heavy atom. The summed E-state index contributed by atoms with van der Waals surface area (Å²) < 4.78 is 10.2. The van der Waals surface area contributed by atoms with Crippen LogP contribution in [0.15, 0.2) is 0 Å². The molecule has 4 nitrogen and oxygen atoms in total. The fourth-order valence-electron chi connectivity index (χ4n) is 1.50. The van der Waals surface area contributed by atoms with Crippen LogP contribution in [0.5, 0.6) is 0 Å². The third-order valence-corrected chi connectivity index (χ3v) is 3.67. The van der Waals surface area contributed by atoms with Gasteiger partial charge in [0.1, 0.15) is 0 Å². The largest absolute Gasteiger partial charge is 0.466 e. The molecule has 0 aliphatic heterocycles. The van der Waals surface area contributed by atoms with E-state index >= 15 is 0 Å². The van der Waals surface area contributed by atoms with Crippen LogP contribution >= 0.6 is 0 Å². The summed E-state index contributed by atoms with van der Waals surface area (Å²) in [5.74, 6) is 0.501. The second-order valence-corrected chi connectivity index (χ2v) is 5.55. The van der Waals surface area contributed by atoms with Crippen LogP contribution in [0.3, 0.4) is 0 Å². The summed E-state index contributed by atoms with van der Waals surface area (Å²) in [5, 5.41) is 0. The van der Waals surface area contributed by atoms with E-state index in [1.807, 2.05) is 0 Å². The zero-order valence-corrected chi connectivity index (χ0v) is 13.4. The molecule has 0 amide bonds. The van der Waals surface area contributed by atoms with Crippen molar-refractivity contribution in [1.82, 2.24) is 0 Å². The molecular formula is C16H30O4. The van der Waals surface area contributed by atoms with E-state index in [0.29, 0.717) is 25.0 Å². The predicted molar refractivity (Wildman–Crippen MR) is 79.3 cm³/mol. The summed E-state index contributed by atoms with van der Waals surface area (Å²) in [6, 6.07) is 0. The van der Waals surface area contributed by atoms with Crippen LogP contribution in [-0.2, 0) is 19.1 Å². The van der Waals surface area contributed by atoms with E-state index in [1.165, 1.54) is 0 Å². The minimum absolute atomic E-state index is 0.114. The van der Waals surface area contributed by atoms with Gasteiger partial charge in [-0.25, -0.2) is 0 Å². The van der Waals surface area contributed by atoms with Gasteiger partial charge in [0, 0.05) is 0 Å². The summed E-state index contributed by atoms with van der Waals surface area (Å²) >= 11 is 0. The van der Waals surface area contributed by atoms with Gasteiger partial charge in [-0.1, -0.05) is 40.5 Å². The lowest BCUT2D eigenvalue weighted by Crippen LogP contribution is -2.13. The fraction of sp³-hybridized carbons (Fsp3) is 0.875.